The molecule has 1 saturated heterocycles. The minimum absolute atomic E-state index is 0.0853. The molecule has 3 amide bonds. The van der Waals surface area contributed by atoms with E-state index in [2.05, 4.69) is 10.6 Å². The highest BCUT2D eigenvalue weighted by Crippen LogP contribution is 2.43. The van der Waals surface area contributed by atoms with Gasteiger partial charge < -0.3 is 25.4 Å². The van der Waals surface area contributed by atoms with Gasteiger partial charge in [0.2, 0.25) is 5.91 Å². The molecular weight excluding hydrogens is 520 g/mol. The third-order valence-electron chi connectivity index (χ3n) is 5.63. The first-order chi connectivity index (χ1) is 17.8. The van der Waals surface area contributed by atoms with Crippen molar-refractivity contribution in [2.24, 2.45) is 0 Å². The molecule has 0 bridgehead atoms. The quantitative estimate of drug-likeness (QED) is 0.441. The second-order valence-corrected chi connectivity index (χ2v) is 10.8. The molecule has 9 nitrogen and oxygen atoms in total. The van der Waals surface area contributed by atoms with Gasteiger partial charge in [0.25, 0.3) is 0 Å². The van der Waals surface area contributed by atoms with E-state index in [0.717, 1.165) is 22.7 Å². The molecule has 204 valence electrons. The number of thioether (sulfide) groups is 1. The Balaban J connectivity index is 1.76. The second-order valence-electron chi connectivity index (χ2n) is 9.67. The van der Waals surface area contributed by atoms with Gasteiger partial charge in [-0.1, -0.05) is 24.3 Å². The number of nitrogens with one attached hydrogen (secondary N) is 2. The fourth-order valence-corrected chi connectivity index (χ4v) is 5.21. The summed E-state index contributed by atoms with van der Waals surface area (Å²) in [6, 6.07) is 8.00. The third kappa shape index (κ3) is 7.00. The van der Waals surface area contributed by atoms with Gasteiger partial charge in [0.05, 0.1) is 12.5 Å². The number of ether oxygens (including phenoxy) is 1. The molecule has 1 heterocycles. The Hall–Kier alpha value is -3.67. The van der Waals surface area contributed by atoms with Crippen LogP contribution in [0.4, 0.5) is 19.3 Å². The van der Waals surface area contributed by atoms with Crippen molar-refractivity contribution in [1.82, 2.24) is 10.2 Å². The molecule has 0 aromatic heterocycles. The lowest BCUT2D eigenvalue weighted by molar-refractivity contribution is -0.163. The van der Waals surface area contributed by atoms with Gasteiger partial charge in [0, 0.05) is 17.0 Å². The van der Waals surface area contributed by atoms with Crippen LogP contribution >= 0.6 is 11.8 Å². The van der Waals surface area contributed by atoms with E-state index in [4.69, 9.17) is 4.74 Å². The number of urea groups is 1. The van der Waals surface area contributed by atoms with Gasteiger partial charge in [-0.2, -0.15) is 0 Å². The standard InChI is InChI=1S/C26H29F2N3O6S/c1-14(23(33)34)15-7-5-8-16(11-15)30-25(36)29-12-20(32)31-19(24(35)37-26(2,3)4)13-38-22(31)17-9-6-10-18(27)21(17)28/h5-11,14,19,22H,12-13H2,1-4H3,(H,33,34)(H2,29,30,36). The van der Waals surface area contributed by atoms with Gasteiger partial charge in [-0.3, -0.25) is 9.59 Å². The summed E-state index contributed by atoms with van der Waals surface area (Å²) in [5, 5.41) is 13.1. The summed E-state index contributed by atoms with van der Waals surface area (Å²) in [5.41, 5.74) is -0.170. The van der Waals surface area contributed by atoms with Gasteiger partial charge in [-0.25, -0.2) is 18.4 Å². The summed E-state index contributed by atoms with van der Waals surface area (Å²) in [6.45, 7) is 5.96. The van der Waals surface area contributed by atoms with E-state index < -0.39 is 65.0 Å². The molecule has 3 rings (SSSR count). The van der Waals surface area contributed by atoms with E-state index >= 15 is 0 Å². The zero-order valence-electron chi connectivity index (χ0n) is 21.3. The van der Waals surface area contributed by atoms with Crippen LogP contribution in [-0.4, -0.2) is 57.8 Å². The molecule has 0 radical (unpaired) electrons. The minimum Gasteiger partial charge on any atom is -0.481 e. The normalized spacial score (nSPS) is 18.0. The van der Waals surface area contributed by atoms with Crippen LogP contribution in [0.3, 0.4) is 0 Å². The van der Waals surface area contributed by atoms with E-state index in [1.807, 2.05) is 0 Å². The molecule has 12 heteroatoms. The summed E-state index contributed by atoms with van der Waals surface area (Å²) >= 11 is 1.08. The van der Waals surface area contributed by atoms with Gasteiger partial charge >= 0.3 is 18.0 Å². The lowest BCUT2D eigenvalue weighted by Crippen LogP contribution is -2.49. The van der Waals surface area contributed by atoms with Crippen molar-refractivity contribution in [1.29, 1.82) is 0 Å². The van der Waals surface area contributed by atoms with Crippen molar-refractivity contribution in [3.8, 4) is 0 Å². The van der Waals surface area contributed by atoms with E-state index in [1.54, 1.807) is 39.0 Å². The number of amides is 3. The molecule has 3 unspecified atom stereocenters. The molecule has 2 aromatic carbocycles. The maximum Gasteiger partial charge on any atom is 0.330 e. The average molecular weight is 550 g/mol. The number of hydrogen-bond acceptors (Lipinski definition) is 6. The van der Waals surface area contributed by atoms with Crippen LogP contribution in [0.1, 0.15) is 50.1 Å². The first-order valence-electron chi connectivity index (χ1n) is 11.8. The van der Waals surface area contributed by atoms with Gasteiger partial charge in [0.15, 0.2) is 11.6 Å². The van der Waals surface area contributed by atoms with Crippen molar-refractivity contribution in [3.63, 3.8) is 0 Å². The maximum absolute atomic E-state index is 14.6. The predicted octanol–water partition coefficient (Wildman–Crippen LogP) is 4.26. The fraction of sp³-hybridized carbons (Fsp3) is 0.385. The van der Waals surface area contributed by atoms with Gasteiger partial charge in [-0.15, -0.1) is 11.8 Å². The first kappa shape index (κ1) is 28.9. The molecule has 2 aromatic rings. The van der Waals surface area contributed by atoms with Crippen molar-refractivity contribution in [2.45, 2.75) is 50.6 Å². The molecule has 0 spiro atoms. The SMILES string of the molecule is CC(C(=O)O)c1cccc(NC(=O)NCC(=O)N2C(C(=O)OC(C)(C)C)CSC2c2cccc(F)c2F)c1. The number of carboxylic acids is 1. The molecule has 0 saturated carbocycles. The molecule has 1 fully saturated rings. The number of anilines is 1. The molecule has 3 atom stereocenters. The van der Waals surface area contributed by atoms with Crippen LogP contribution in [0, 0.1) is 11.6 Å². The Morgan fingerprint density at radius 1 is 1.16 bits per heavy atom. The first-order valence-corrected chi connectivity index (χ1v) is 12.8. The third-order valence-corrected chi connectivity index (χ3v) is 6.93. The van der Waals surface area contributed by atoms with Crippen LogP contribution in [-0.2, 0) is 19.1 Å². The number of nitrogens with zero attached hydrogens (tertiary/aromatic N) is 1. The number of carbonyl (C=O) groups excluding carboxylic acids is 3. The zero-order chi connectivity index (χ0) is 28.2. The summed E-state index contributed by atoms with van der Waals surface area (Å²) in [7, 11) is 0. The van der Waals surface area contributed by atoms with E-state index in [-0.39, 0.29) is 11.3 Å². The topological polar surface area (TPSA) is 125 Å². The summed E-state index contributed by atoms with van der Waals surface area (Å²) in [6.07, 6.45) is 0. The van der Waals surface area contributed by atoms with Crippen molar-refractivity contribution in [3.05, 3.63) is 65.2 Å². The minimum atomic E-state index is -1.13. The van der Waals surface area contributed by atoms with Crippen LogP contribution in [0.2, 0.25) is 0 Å². The van der Waals surface area contributed by atoms with Crippen molar-refractivity contribution < 1.29 is 37.8 Å². The number of halogens is 2. The van der Waals surface area contributed by atoms with Crippen LogP contribution in [0.5, 0.6) is 0 Å². The highest BCUT2D eigenvalue weighted by Gasteiger charge is 2.45. The summed E-state index contributed by atoms with van der Waals surface area (Å²) < 4.78 is 34.0. The Morgan fingerprint density at radius 2 is 1.84 bits per heavy atom. The number of rotatable bonds is 7. The Kier molecular flexibility index (Phi) is 8.97. The molecule has 1 aliphatic heterocycles. The fourth-order valence-electron chi connectivity index (χ4n) is 3.76. The number of carboxylic acid groups (broad SMARTS) is 1. The van der Waals surface area contributed by atoms with Crippen LogP contribution in [0.25, 0.3) is 0 Å². The number of aliphatic carboxylic acids is 1. The molecule has 3 N–H and O–H groups in total. The van der Waals surface area contributed by atoms with Crippen LogP contribution < -0.4 is 10.6 Å². The average Bonchev–Trinajstić information content (AvgIpc) is 3.28. The van der Waals surface area contributed by atoms with Gasteiger partial charge in [-0.05, 0) is 51.5 Å². The summed E-state index contributed by atoms with van der Waals surface area (Å²) in [5.74, 6) is -5.36. The number of esters is 1. The lowest BCUT2D eigenvalue weighted by atomic mass is 10.0. The van der Waals surface area contributed by atoms with E-state index in [0.29, 0.717) is 11.3 Å². The highest BCUT2D eigenvalue weighted by atomic mass is 32.2. The van der Waals surface area contributed by atoms with Crippen molar-refractivity contribution in [2.75, 3.05) is 17.6 Å². The summed E-state index contributed by atoms with van der Waals surface area (Å²) in [4.78, 5) is 51.0. The highest BCUT2D eigenvalue weighted by molar-refractivity contribution is 7.99. The van der Waals surface area contributed by atoms with Crippen LogP contribution in [0.15, 0.2) is 42.5 Å². The molecule has 0 aliphatic carbocycles. The largest absolute Gasteiger partial charge is 0.481 e. The number of carbonyl (C=O) groups is 4. The van der Waals surface area contributed by atoms with Gasteiger partial charge in [0.1, 0.15) is 17.0 Å². The Labute approximate surface area is 222 Å². The van der Waals surface area contributed by atoms with E-state index in [9.17, 15) is 33.1 Å². The Bertz CT molecular complexity index is 1240. The molecule has 38 heavy (non-hydrogen) atoms. The van der Waals surface area contributed by atoms with E-state index in [1.165, 1.54) is 25.1 Å². The smallest absolute Gasteiger partial charge is 0.330 e. The predicted molar refractivity (Wildman–Crippen MR) is 138 cm³/mol. The lowest BCUT2D eigenvalue weighted by Gasteiger charge is -2.30. The zero-order valence-corrected chi connectivity index (χ0v) is 22.1. The molecule has 1 aliphatic rings. The maximum atomic E-state index is 14.6. The van der Waals surface area contributed by atoms with Crippen molar-refractivity contribution >= 4 is 41.3 Å². The molecular formula is C26H29F2N3O6S. The monoisotopic (exact) mass is 549 g/mol. The second kappa shape index (κ2) is 11.8. The number of hydrogen-bond donors (Lipinski definition) is 3. The Morgan fingerprint density at radius 3 is 2.50 bits per heavy atom. The number of benzene rings is 2.